The lowest BCUT2D eigenvalue weighted by molar-refractivity contribution is 0.0330. The molecule has 8 heteroatoms. The lowest BCUT2D eigenvalue weighted by Crippen LogP contribution is -2.50. The first-order valence-corrected chi connectivity index (χ1v) is 13.5. The SMILES string of the molecule is C[C@H](CO)N1C[C@H](C)[C@H](CN(C)CC2CCCCC2)Oc2ccc(NC(=O)c3ccncc3)cc2C1=O. The third-order valence-electron chi connectivity index (χ3n) is 7.65. The Labute approximate surface area is 220 Å². The summed E-state index contributed by atoms with van der Waals surface area (Å²) in [5, 5.41) is 12.8. The van der Waals surface area contributed by atoms with Crippen LogP contribution >= 0.6 is 0 Å². The molecule has 0 unspecified atom stereocenters. The molecule has 0 saturated heterocycles. The molecule has 1 fully saturated rings. The number of rotatable bonds is 8. The maximum Gasteiger partial charge on any atom is 0.258 e. The number of aliphatic hydroxyl groups excluding tert-OH is 1. The van der Waals surface area contributed by atoms with Gasteiger partial charge in [0.15, 0.2) is 0 Å². The smallest absolute Gasteiger partial charge is 0.258 e. The van der Waals surface area contributed by atoms with Crippen LogP contribution in [0.5, 0.6) is 5.75 Å². The Morgan fingerprint density at radius 2 is 1.92 bits per heavy atom. The van der Waals surface area contributed by atoms with E-state index < -0.39 is 0 Å². The number of ether oxygens (including phenoxy) is 1. The molecule has 1 aromatic heterocycles. The van der Waals surface area contributed by atoms with Crippen LogP contribution in [0.15, 0.2) is 42.7 Å². The van der Waals surface area contributed by atoms with E-state index in [1.165, 1.54) is 32.1 Å². The fraction of sp³-hybridized carbons (Fsp3) is 0.552. The number of likely N-dealkylation sites (N-methyl/N-ethyl adjacent to an activating group) is 1. The van der Waals surface area contributed by atoms with E-state index in [0.717, 1.165) is 19.0 Å². The summed E-state index contributed by atoms with van der Waals surface area (Å²) in [5.41, 5.74) is 1.38. The number of carbonyl (C=O) groups excluding carboxylic acids is 2. The number of fused-ring (bicyclic) bond motifs is 1. The van der Waals surface area contributed by atoms with Crippen LogP contribution < -0.4 is 10.1 Å². The Balaban J connectivity index is 1.57. The number of hydrogen-bond acceptors (Lipinski definition) is 6. The third kappa shape index (κ3) is 6.87. The van der Waals surface area contributed by atoms with Crippen molar-refractivity contribution in [3.63, 3.8) is 0 Å². The van der Waals surface area contributed by atoms with Crippen molar-refractivity contribution in [3.05, 3.63) is 53.9 Å². The van der Waals surface area contributed by atoms with Gasteiger partial charge in [-0.15, -0.1) is 0 Å². The van der Waals surface area contributed by atoms with Crippen LogP contribution in [-0.4, -0.2) is 77.1 Å². The van der Waals surface area contributed by atoms with E-state index in [2.05, 4.69) is 29.2 Å². The first kappa shape index (κ1) is 27.1. The minimum atomic E-state index is -0.336. The summed E-state index contributed by atoms with van der Waals surface area (Å²) in [7, 11) is 2.15. The van der Waals surface area contributed by atoms with Crippen LogP contribution in [0.2, 0.25) is 0 Å². The van der Waals surface area contributed by atoms with Crippen LogP contribution in [-0.2, 0) is 0 Å². The molecule has 1 aliphatic carbocycles. The van der Waals surface area contributed by atoms with Crippen molar-refractivity contribution in [1.82, 2.24) is 14.8 Å². The minimum Gasteiger partial charge on any atom is -0.488 e. The number of aliphatic hydroxyl groups is 1. The van der Waals surface area contributed by atoms with Gasteiger partial charge in [0.2, 0.25) is 0 Å². The highest BCUT2D eigenvalue weighted by atomic mass is 16.5. The zero-order valence-corrected chi connectivity index (χ0v) is 22.2. The third-order valence-corrected chi connectivity index (χ3v) is 7.65. The van der Waals surface area contributed by atoms with E-state index in [1.54, 1.807) is 47.6 Å². The molecule has 1 aliphatic heterocycles. The van der Waals surface area contributed by atoms with Crippen molar-refractivity contribution in [2.75, 3.05) is 38.6 Å². The molecule has 4 rings (SSSR count). The predicted octanol–water partition coefficient (Wildman–Crippen LogP) is 4.07. The van der Waals surface area contributed by atoms with Gasteiger partial charge in [-0.25, -0.2) is 0 Å². The number of benzene rings is 1. The zero-order valence-electron chi connectivity index (χ0n) is 22.2. The number of nitrogens with zero attached hydrogens (tertiary/aromatic N) is 3. The van der Waals surface area contributed by atoms with Gasteiger partial charge in [0.1, 0.15) is 11.9 Å². The summed E-state index contributed by atoms with van der Waals surface area (Å²) in [6, 6.07) is 8.14. The van der Waals surface area contributed by atoms with Crippen molar-refractivity contribution in [3.8, 4) is 5.75 Å². The van der Waals surface area contributed by atoms with Crippen molar-refractivity contribution in [2.45, 2.75) is 58.1 Å². The molecule has 3 atom stereocenters. The molecule has 2 amide bonds. The quantitative estimate of drug-likeness (QED) is 0.558. The van der Waals surface area contributed by atoms with Gasteiger partial charge in [-0.1, -0.05) is 26.2 Å². The molecule has 0 spiro atoms. The van der Waals surface area contributed by atoms with Gasteiger partial charge in [0.05, 0.1) is 18.2 Å². The van der Waals surface area contributed by atoms with Gasteiger partial charge in [-0.3, -0.25) is 14.6 Å². The molecule has 2 heterocycles. The molecule has 200 valence electrons. The Bertz CT molecular complexity index is 1060. The number of hydrogen-bond donors (Lipinski definition) is 2. The number of pyridine rings is 1. The summed E-state index contributed by atoms with van der Waals surface area (Å²) in [4.78, 5) is 34.4. The number of amides is 2. The van der Waals surface area contributed by atoms with Gasteiger partial charge >= 0.3 is 0 Å². The topological polar surface area (TPSA) is 95.0 Å². The highest BCUT2D eigenvalue weighted by Crippen LogP contribution is 2.31. The normalized spacial score (nSPS) is 21.5. The monoisotopic (exact) mass is 508 g/mol. The van der Waals surface area contributed by atoms with E-state index in [9.17, 15) is 14.7 Å². The first-order chi connectivity index (χ1) is 17.9. The van der Waals surface area contributed by atoms with E-state index in [4.69, 9.17) is 4.74 Å². The number of aromatic nitrogens is 1. The van der Waals surface area contributed by atoms with Crippen LogP contribution in [0, 0.1) is 11.8 Å². The molecule has 1 aromatic carbocycles. The number of anilines is 1. The molecular formula is C29H40N4O4. The van der Waals surface area contributed by atoms with E-state index in [1.807, 2.05) is 6.92 Å². The molecule has 2 N–H and O–H groups in total. The summed E-state index contributed by atoms with van der Waals surface area (Å²) >= 11 is 0. The van der Waals surface area contributed by atoms with Crippen molar-refractivity contribution in [1.29, 1.82) is 0 Å². The Kier molecular flexibility index (Phi) is 9.16. The van der Waals surface area contributed by atoms with Gasteiger partial charge < -0.3 is 25.0 Å². The summed E-state index contributed by atoms with van der Waals surface area (Å²) < 4.78 is 6.51. The highest BCUT2D eigenvalue weighted by molar-refractivity contribution is 6.05. The predicted molar refractivity (Wildman–Crippen MR) is 144 cm³/mol. The Morgan fingerprint density at radius 3 is 2.62 bits per heavy atom. The summed E-state index contributed by atoms with van der Waals surface area (Å²) in [6.45, 7) is 6.13. The van der Waals surface area contributed by atoms with Crippen LogP contribution in [0.4, 0.5) is 5.69 Å². The lowest BCUT2D eigenvalue weighted by Gasteiger charge is -2.38. The van der Waals surface area contributed by atoms with Crippen LogP contribution in [0.25, 0.3) is 0 Å². The van der Waals surface area contributed by atoms with E-state index >= 15 is 0 Å². The van der Waals surface area contributed by atoms with Gasteiger partial charge in [-0.05, 0) is 63.1 Å². The molecule has 1 saturated carbocycles. The van der Waals surface area contributed by atoms with Crippen molar-refractivity contribution < 1.29 is 19.4 Å². The molecule has 0 bridgehead atoms. The fourth-order valence-corrected chi connectivity index (χ4v) is 5.42. The number of carbonyl (C=O) groups is 2. The zero-order chi connectivity index (χ0) is 26.4. The Hall–Kier alpha value is -2.97. The first-order valence-electron chi connectivity index (χ1n) is 13.5. The van der Waals surface area contributed by atoms with Crippen molar-refractivity contribution >= 4 is 17.5 Å². The summed E-state index contributed by atoms with van der Waals surface area (Å²) in [5.74, 6) is 0.819. The molecule has 2 aromatic rings. The van der Waals surface area contributed by atoms with Gasteiger partial charge in [0, 0.05) is 49.2 Å². The van der Waals surface area contributed by atoms with Crippen LogP contribution in [0.3, 0.4) is 0 Å². The maximum absolute atomic E-state index is 13.6. The standard InChI is InChI=1S/C29H40N4O4/c1-20-16-33(21(2)19-34)29(36)25-15-24(31-28(35)23-11-13-30-14-12-23)9-10-26(25)37-27(20)18-32(3)17-22-7-5-4-6-8-22/h9-15,20-22,27,34H,4-8,16-19H2,1-3H3,(H,31,35)/t20-,21+,27-/m0/s1. The Morgan fingerprint density at radius 1 is 1.19 bits per heavy atom. The lowest BCUT2D eigenvalue weighted by atomic mass is 9.89. The maximum atomic E-state index is 13.6. The molecular weight excluding hydrogens is 468 g/mol. The molecule has 2 aliphatic rings. The average Bonchev–Trinajstić information content (AvgIpc) is 2.91. The largest absolute Gasteiger partial charge is 0.488 e. The number of nitrogens with one attached hydrogen (secondary N) is 1. The fourth-order valence-electron chi connectivity index (χ4n) is 5.42. The minimum absolute atomic E-state index is 0.0750. The highest BCUT2D eigenvalue weighted by Gasteiger charge is 2.34. The molecule has 37 heavy (non-hydrogen) atoms. The van der Waals surface area contributed by atoms with Gasteiger partial charge in [-0.2, -0.15) is 0 Å². The second kappa shape index (κ2) is 12.5. The second-order valence-corrected chi connectivity index (χ2v) is 10.7. The second-order valence-electron chi connectivity index (χ2n) is 10.7. The van der Waals surface area contributed by atoms with E-state index in [-0.39, 0.29) is 36.5 Å². The van der Waals surface area contributed by atoms with Crippen LogP contribution in [0.1, 0.15) is 66.7 Å². The average molecular weight is 509 g/mol. The van der Waals surface area contributed by atoms with Gasteiger partial charge in [0.25, 0.3) is 11.8 Å². The van der Waals surface area contributed by atoms with Crippen molar-refractivity contribution in [2.24, 2.45) is 11.8 Å². The summed E-state index contributed by atoms with van der Waals surface area (Å²) in [6.07, 6.45) is 9.57. The molecule has 8 nitrogen and oxygen atoms in total. The molecule has 0 radical (unpaired) electrons. The van der Waals surface area contributed by atoms with E-state index in [0.29, 0.717) is 29.1 Å².